The maximum Gasteiger partial charge on any atom is 0.127 e. The molecule has 2 N–H and O–H groups in total. The number of benzene rings is 1. The van der Waals surface area contributed by atoms with Gasteiger partial charge >= 0.3 is 0 Å². The average Bonchev–Trinajstić information content (AvgIpc) is 2.29. The van der Waals surface area contributed by atoms with E-state index < -0.39 is 0 Å². The number of hydrogen-bond acceptors (Lipinski definition) is 3. The monoisotopic (exact) mass is 205 g/mol. The first-order chi connectivity index (χ1) is 7.26. The van der Waals surface area contributed by atoms with E-state index in [9.17, 15) is 0 Å². The number of terminal acetylenes is 1. The second-order valence-corrected chi connectivity index (χ2v) is 3.04. The summed E-state index contributed by atoms with van der Waals surface area (Å²) in [6.45, 7) is 0.544. The smallest absolute Gasteiger partial charge is 0.127 e. The number of methoxy groups -OCH3 is 2. The fourth-order valence-corrected chi connectivity index (χ4v) is 1.46. The molecular weight excluding hydrogens is 190 g/mol. The van der Waals surface area contributed by atoms with E-state index in [2.05, 4.69) is 5.92 Å². The van der Waals surface area contributed by atoms with Crippen molar-refractivity contribution in [3.63, 3.8) is 0 Å². The molecule has 0 heterocycles. The van der Waals surface area contributed by atoms with Crippen LogP contribution in [0.3, 0.4) is 0 Å². The van der Waals surface area contributed by atoms with Gasteiger partial charge in [0.05, 0.1) is 14.2 Å². The molecular formula is C12H15NO2. The fourth-order valence-electron chi connectivity index (χ4n) is 1.46. The van der Waals surface area contributed by atoms with Crippen molar-refractivity contribution in [2.24, 2.45) is 5.73 Å². The Morgan fingerprint density at radius 3 is 2.13 bits per heavy atom. The summed E-state index contributed by atoms with van der Waals surface area (Å²) in [4.78, 5) is 0. The van der Waals surface area contributed by atoms with E-state index in [1.807, 2.05) is 12.1 Å². The highest BCUT2D eigenvalue weighted by Gasteiger charge is 2.10. The molecule has 0 fully saturated rings. The molecule has 1 aromatic carbocycles. The highest BCUT2D eigenvalue weighted by atomic mass is 16.5. The van der Waals surface area contributed by atoms with Crippen LogP contribution >= 0.6 is 0 Å². The summed E-state index contributed by atoms with van der Waals surface area (Å²) in [5.74, 6) is 4.01. The minimum Gasteiger partial charge on any atom is -0.496 e. The van der Waals surface area contributed by atoms with E-state index in [1.54, 1.807) is 14.2 Å². The molecule has 0 spiro atoms. The predicted octanol–water partition coefficient (Wildman–Crippen LogP) is 1.19. The van der Waals surface area contributed by atoms with E-state index >= 15 is 0 Å². The number of rotatable bonds is 4. The first-order valence-electron chi connectivity index (χ1n) is 4.68. The SMILES string of the molecule is C#Cc1cc(OC)c(CCN)c(OC)c1. The summed E-state index contributed by atoms with van der Waals surface area (Å²) in [6, 6.07) is 3.63. The van der Waals surface area contributed by atoms with Crippen molar-refractivity contribution in [2.75, 3.05) is 20.8 Å². The summed E-state index contributed by atoms with van der Waals surface area (Å²) >= 11 is 0. The minimum absolute atomic E-state index is 0.544. The zero-order chi connectivity index (χ0) is 11.3. The van der Waals surface area contributed by atoms with Crippen LogP contribution in [0, 0.1) is 12.3 Å². The third-order valence-electron chi connectivity index (χ3n) is 2.17. The summed E-state index contributed by atoms with van der Waals surface area (Å²) in [7, 11) is 3.21. The first-order valence-corrected chi connectivity index (χ1v) is 4.68. The maximum atomic E-state index is 5.53. The van der Waals surface area contributed by atoms with Gasteiger partial charge in [0.15, 0.2) is 0 Å². The van der Waals surface area contributed by atoms with Gasteiger partial charge in [-0.25, -0.2) is 0 Å². The van der Waals surface area contributed by atoms with Crippen molar-refractivity contribution in [1.29, 1.82) is 0 Å². The Bertz CT molecular complexity index is 355. The highest BCUT2D eigenvalue weighted by molar-refractivity contribution is 5.52. The lowest BCUT2D eigenvalue weighted by atomic mass is 10.1. The van der Waals surface area contributed by atoms with Gasteiger partial charge in [-0.05, 0) is 25.1 Å². The van der Waals surface area contributed by atoms with Gasteiger partial charge in [-0.15, -0.1) is 6.42 Å². The summed E-state index contributed by atoms with van der Waals surface area (Å²) in [5.41, 5.74) is 7.23. The summed E-state index contributed by atoms with van der Waals surface area (Å²) in [6.07, 6.45) is 6.04. The molecule has 0 aromatic heterocycles. The molecule has 1 aromatic rings. The van der Waals surface area contributed by atoms with Gasteiger partial charge in [-0.1, -0.05) is 5.92 Å². The van der Waals surface area contributed by atoms with Gasteiger partial charge < -0.3 is 15.2 Å². The maximum absolute atomic E-state index is 5.53. The Morgan fingerprint density at radius 1 is 1.27 bits per heavy atom. The van der Waals surface area contributed by atoms with Crippen molar-refractivity contribution in [3.8, 4) is 23.8 Å². The zero-order valence-corrected chi connectivity index (χ0v) is 9.04. The molecule has 1 rings (SSSR count). The van der Waals surface area contributed by atoms with Crippen molar-refractivity contribution < 1.29 is 9.47 Å². The van der Waals surface area contributed by atoms with Gasteiger partial charge in [-0.2, -0.15) is 0 Å². The van der Waals surface area contributed by atoms with E-state index in [-0.39, 0.29) is 0 Å². The molecule has 0 bridgehead atoms. The molecule has 0 aliphatic heterocycles. The van der Waals surface area contributed by atoms with Crippen LogP contribution in [-0.2, 0) is 6.42 Å². The lowest BCUT2D eigenvalue weighted by Gasteiger charge is -2.13. The summed E-state index contributed by atoms with van der Waals surface area (Å²) in [5, 5.41) is 0. The quantitative estimate of drug-likeness (QED) is 0.751. The van der Waals surface area contributed by atoms with Crippen LogP contribution < -0.4 is 15.2 Å². The fraction of sp³-hybridized carbons (Fsp3) is 0.333. The molecule has 0 amide bonds. The lowest BCUT2D eigenvalue weighted by Crippen LogP contribution is -2.06. The van der Waals surface area contributed by atoms with Gasteiger partial charge in [0, 0.05) is 11.1 Å². The number of hydrogen-bond donors (Lipinski definition) is 1. The largest absolute Gasteiger partial charge is 0.496 e. The molecule has 0 radical (unpaired) electrons. The highest BCUT2D eigenvalue weighted by Crippen LogP contribution is 2.30. The minimum atomic E-state index is 0.544. The standard InChI is InChI=1S/C12H15NO2/c1-4-9-7-11(14-2)10(5-6-13)12(8-9)15-3/h1,7-8H,5-6,13H2,2-3H3. The number of nitrogens with two attached hydrogens (primary N) is 1. The van der Waals surface area contributed by atoms with E-state index in [0.717, 1.165) is 22.6 Å². The van der Waals surface area contributed by atoms with Crippen LogP contribution in [0.1, 0.15) is 11.1 Å². The van der Waals surface area contributed by atoms with Crippen molar-refractivity contribution in [1.82, 2.24) is 0 Å². The van der Waals surface area contributed by atoms with Crippen molar-refractivity contribution in [2.45, 2.75) is 6.42 Å². The molecule has 0 saturated carbocycles. The number of ether oxygens (including phenoxy) is 2. The van der Waals surface area contributed by atoms with Gasteiger partial charge in [0.25, 0.3) is 0 Å². The van der Waals surface area contributed by atoms with Gasteiger partial charge in [0.1, 0.15) is 11.5 Å². The average molecular weight is 205 g/mol. The molecule has 15 heavy (non-hydrogen) atoms. The third kappa shape index (κ3) is 2.42. The van der Waals surface area contributed by atoms with Crippen LogP contribution in [0.15, 0.2) is 12.1 Å². The molecule has 0 aliphatic rings. The Morgan fingerprint density at radius 2 is 1.80 bits per heavy atom. The van der Waals surface area contributed by atoms with E-state index in [0.29, 0.717) is 13.0 Å². The second kappa shape index (κ2) is 5.28. The molecule has 0 saturated heterocycles. The van der Waals surface area contributed by atoms with Crippen molar-refractivity contribution in [3.05, 3.63) is 23.3 Å². The Balaban J connectivity index is 3.27. The molecule has 0 unspecified atom stereocenters. The van der Waals surface area contributed by atoms with Gasteiger partial charge in [-0.3, -0.25) is 0 Å². The molecule has 80 valence electrons. The first kappa shape index (κ1) is 11.4. The normalized spacial score (nSPS) is 9.47. The Kier molecular flexibility index (Phi) is 4.02. The van der Waals surface area contributed by atoms with E-state index in [1.165, 1.54) is 0 Å². The van der Waals surface area contributed by atoms with Crippen molar-refractivity contribution >= 4 is 0 Å². The molecule has 3 heteroatoms. The lowest BCUT2D eigenvalue weighted by molar-refractivity contribution is 0.385. The Labute approximate surface area is 90.2 Å². The molecule has 3 nitrogen and oxygen atoms in total. The summed E-state index contributed by atoms with van der Waals surface area (Å²) < 4.78 is 10.5. The molecule has 0 atom stereocenters. The van der Waals surface area contributed by atoms with Gasteiger partial charge in [0.2, 0.25) is 0 Å². The predicted molar refractivity (Wildman–Crippen MR) is 60.2 cm³/mol. The zero-order valence-electron chi connectivity index (χ0n) is 9.04. The van der Waals surface area contributed by atoms with Crippen LogP contribution in [0.25, 0.3) is 0 Å². The third-order valence-corrected chi connectivity index (χ3v) is 2.17. The van der Waals surface area contributed by atoms with Crippen LogP contribution in [0.4, 0.5) is 0 Å². The van der Waals surface area contributed by atoms with Crippen LogP contribution in [0.5, 0.6) is 11.5 Å². The topological polar surface area (TPSA) is 44.5 Å². The Hall–Kier alpha value is -1.66. The molecule has 0 aliphatic carbocycles. The second-order valence-electron chi connectivity index (χ2n) is 3.04. The van der Waals surface area contributed by atoms with E-state index in [4.69, 9.17) is 21.6 Å². The van der Waals surface area contributed by atoms with Crippen LogP contribution in [0.2, 0.25) is 0 Å². The van der Waals surface area contributed by atoms with Crippen LogP contribution in [-0.4, -0.2) is 20.8 Å².